The van der Waals surface area contributed by atoms with Crippen molar-refractivity contribution in [3.05, 3.63) is 66.7 Å². The van der Waals surface area contributed by atoms with Crippen molar-refractivity contribution in [2.45, 2.75) is 6.92 Å². The second kappa shape index (κ2) is 9.83. The zero-order valence-corrected chi connectivity index (χ0v) is 22.1. The summed E-state index contributed by atoms with van der Waals surface area (Å²) < 4.78 is 14.1. The maximum absolute atomic E-state index is 6.20. The fourth-order valence-corrected chi connectivity index (χ4v) is 4.99. The van der Waals surface area contributed by atoms with Crippen LogP contribution in [0.25, 0.3) is 21.9 Å². The zero-order chi connectivity index (χ0) is 26.2. The minimum absolute atomic E-state index is 0.705. The minimum Gasteiger partial charge on any atom is -0.494 e. The van der Waals surface area contributed by atoms with Gasteiger partial charge in [0.1, 0.15) is 23.6 Å². The lowest BCUT2D eigenvalue weighted by Gasteiger charge is -2.35. The third kappa shape index (κ3) is 4.45. The first-order valence-electron chi connectivity index (χ1n) is 12.7. The first-order chi connectivity index (χ1) is 18.5. The van der Waals surface area contributed by atoms with Gasteiger partial charge in [0.05, 0.1) is 41.1 Å². The largest absolute Gasteiger partial charge is 0.494 e. The molecule has 0 radical (unpaired) electrons. The van der Waals surface area contributed by atoms with E-state index in [1.165, 1.54) is 0 Å². The molecule has 6 rings (SSSR count). The van der Waals surface area contributed by atoms with Gasteiger partial charge in [-0.2, -0.15) is 0 Å². The van der Waals surface area contributed by atoms with Crippen molar-refractivity contribution >= 4 is 39.1 Å². The van der Waals surface area contributed by atoms with E-state index in [0.29, 0.717) is 5.82 Å². The molecule has 1 aliphatic rings. The molecule has 0 atom stereocenters. The molecule has 2 aromatic heterocycles. The quantitative estimate of drug-likeness (QED) is 0.338. The number of benzene rings is 3. The lowest BCUT2D eigenvalue weighted by molar-refractivity contribution is 0.311. The molecule has 0 spiro atoms. The topological polar surface area (TPSA) is 80.6 Å². The summed E-state index contributed by atoms with van der Waals surface area (Å²) in [6.45, 7) is 5.96. The molecular weight excluding hydrogens is 478 g/mol. The van der Waals surface area contributed by atoms with Crippen LogP contribution in [-0.4, -0.2) is 64.8 Å². The third-order valence-corrected chi connectivity index (χ3v) is 7.15. The normalized spacial score (nSPS) is 14.3. The highest BCUT2D eigenvalue weighted by Crippen LogP contribution is 2.40. The van der Waals surface area contributed by atoms with E-state index in [-0.39, 0.29) is 0 Å². The Labute approximate surface area is 221 Å². The highest BCUT2D eigenvalue weighted by Gasteiger charge is 2.21. The van der Waals surface area contributed by atoms with Crippen LogP contribution in [0.1, 0.15) is 5.56 Å². The number of methoxy groups -OCH3 is 1. The van der Waals surface area contributed by atoms with Crippen LogP contribution in [0.3, 0.4) is 0 Å². The van der Waals surface area contributed by atoms with E-state index in [1.807, 2.05) is 54.9 Å². The Morgan fingerprint density at radius 1 is 0.868 bits per heavy atom. The van der Waals surface area contributed by atoms with Crippen LogP contribution >= 0.6 is 0 Å². The average Bonchev–Trinajstić information content (AvgIpc) is 3.30. The molecule has 1 fully saturated rings. The smallest absolute Gasteiger partial charge is 0.155 e. The number of aromatic nitrogens is 4. The molecule has 9 heteroatoms. The number of fused-ring (bicyclic) bond motifs is 2. The van der Waals surface area contributed by atoms with Crippen LogP contribution in [0, 0.1) is 6.92 Å². The molecule has 0 unspecified atom stereocenters. The van der Waals surface area contributed by atoms with Crippen molar-refractivity contribution in [2.75, 3.05) is 50.6 Å². The molecule has 0 bridgehead atoms. The molecular formula is C29H31N7O2. The summed E-state index contributed by atoms with van der Waals surface area (Å²) >= 11 is 0. The van der Waals surface area contributed by atoms with Gasteiger partial charge < -0.3 is 29.2 Å². The van der Waals surface area contributed by atoms with E-state index in [1.54, 1.807) is 19.8 Å². The first-order valence-corrected chi connectivity index (χ1v) is 12.7. The Hall–Kier alpha value is -4.37. The Kier molecular flexibility index (Phi) is 6.21. The second-order valence-electron chi connectivity index (χ2n) is 9.74. The summed E-state index contributed by atoms with van der Waals surface area (Å²) in [6.07, 6.45) is 3.39. The monoisotopic (exact) mass is 509 g/mol. The number of rotatable bonds is 6. The second-order valence-corrected chi connectivity index (χ2v) is 9.74. The fourth-order valence-electron chi connectivity index (χ4n) is 4.99. The maximum Gasteiger partial charge on any atom is 0.155 e. The van der Waals surface area contributed by atoms with Gasteiger partial charge in [0, 0.05) is 45.0 Å². The van der Waals surface area contributed by atoms with Gasteiger partial charge in [-0.25, -0.2) is 15.0 Å². The highest BCUT2D eigenvalue weighted by atomic mass is 16.5. The minimum atomic E-state index is 0.705. The van der Waals surface area contributed by atoms with Crippen molar-refractivity contribution in [1.29, 1.82) is 0 Å². The molecule has 9 nitrogen and oxygen atoms in total. The van der Waals surface area contributed by atoms with Gasteiger partial charge in [0.15, 0.2) is 5.75 Å². The van der Waals surface area contributed by atoms with Crippen molar-refractivity contribution in [2.24, 2.45) is 7.05 Å². The fraction of sp³-hybridized carbons (Fsp3) is 0.276. The average molecular weight is 510 g/mol. The van der Waals surface area contributed by atoms with E-state index in [2.05, 4.69) is 49.2 Å². The highest BCUT2D eigenvalue weighted by molar-refractivity contribution is 6.00. The number of likely N-dealkylation sites (N-methyl/N-ethyl adjacent to an activating group) is 1. The van der Waals surface area contributed by atoms with Crippen molar-refractivity contribution < 1.29 is 9.47 Å². The van der Waals surface area contributed by atoms with E-state index < -0.39 is 0 Å². The number of nitrogens with zero attached hydrogens (tertiary/aromatic N) is 6. The van der Waals surface area contributed by atoms with Gasteiger partial charge in [0.2, 0.25) is 0 Å². The molecule has 5 aromatic rings. The lowest BCUT2D eigenvalue weighted by Crippen LogP contribution is -2.44. The molecule has 1 saturated heterocycles. The van der Waals surface area contributed by atoms with Crippen LogP contribution in [0.2, 0.25) is 0 Å². The molecule has 3 heterocycles. The molecule has 0 amide bonds. The number of hydrogen-bond acceptors (Lipinski definition) is 8. The molecule has 0 saturated carbocycles. The Morgan fingerprint density at radius 2 is 1.71 bits per heavy atom. The Morgan fingerprint density at radius 3 is 2.50 bits per heavy atom. The van der Waals surface area contributed by atoms with Crippen molar-refractivity contribution in [1.82, 2.24) is 24.4 Å². The number of hydrogen-bond donors (Lipinski definition) is 1. The summed E-state index contributed by atoms with van der Waals surface area (Å²) in [4.78, 5) is 18.2. The van der Waals surface area contributed by atoms with E-state index in [4.69, 9.17) is 9.47 Å². The number of ether oxygens (including phenoxy) is 2. The van der Waals surface area contributed by atoms with E-state index >= 15 is 0 Å². The Balaban J connectivity index is 1.29. The van der Waals surface area contributed by atoms with Crippen LogP contribution < -0.4 is 19.7 Å². The number of imidazole rings is 1. The van der Waals surface area contributed by atoms with Crippen LogP contribution in [0.5, 0.6) is 17.2 Å². The lowest BCUT2D eigenvalue weighted by atomic mass is 10.1. The first kappa shape index (κ1) is 24.0. The summed E-state index contributed by atoms with van der Waals surface area (Å²) in [7, 11) is 5.85. The third-order valence-electron chi connectivity index (χ3n) is 7.15. The van der Waals surface area contributed by atoms with Crippen LogP contribution in [-0.2, 0) is 7.05 Å². The van der Waals surface area contributed by atoms with Gasteiger partial charge in [0.25, 0.3) is 0 Å². The molecule has 0 aliphatic carbocycles. The van der Waals surface area contributed by atoms with Gasteiger partial charge in [-0.05, 0) is 62.0 Å². The SMILES string of the molecule is COc1c(N2CCN(C)CC2)ccc2ncnc(Nc3ccc(Oc4ccc5c(c4)ncn5C)c(C)c3)c12. The predicted molar refractivity (Wildman–Crippen MR) is 151 cm³/mol. The van der Waals surface area contributed by atoms with E-state index in [9.17, 15) is 0 Å². The molecule has 1 N–H and O–H groups in total. The molecule has 3 aromatic carbocycles. The number of aryl methyl sites for hydroxylation is 2. The van der Waals surface area contributed by atoms with Crippen LogP contribution in [0.15, 0.2) is 61.2 Å². The predicted octanol–water partition coefficient (Wildman–Crippen LogP) is 5.12. The summed E-state index contributed by atoms with van der Waals surface area (Å²) in [5, 5.41) is 4.36. The van der Waals surface area contributed by atoms with Crippen LogP contribution in [0.4, 0.5) is 17.2 Å². The summed E-state index contributed by atoms with van der Waals surface area (Å²) in [6, 6.07) is 16.1. The Bertz CT molecular complexity index is 1620. The van der Waals surface area contributed by atoms with Gasteiger partial charge >= 0.3 is 0 Å². The number of piperazine rings is 1. The summed E-state index contributed by atoms with van der Waals surface area (Å²) in [5.74, 6) is 3.03. The van der Waals surface area contributed by atoms with Gasteiger partial charge in [-0.3, -0.25) is 0 Å². The zero-order valence-electron chi connectivity index (χ0n) is 22.1. The molecule has 194 valence electrons. The summed E-state index contributed by atoms with van der Waals surface area (Å²) in [5.41, 5.74) is 5.77. The van der Waals surface area contributed by atoms with Gasteiger partial charge in [-0.1, -0.05) is 0 Å². The van der Waals surface area contributed by atoms with Crippen molar-refractivity contribution in [3.8, 4) is 17.2 Å². The number of nitrogens with one attached hydrogen (secondary N) is 1. The standard InChI is InChI=1S/C29H31N7O2/c1-19-15-20(5-10-26(19)38-21-6-8-24-23(16-21)32-18-35(24)3)33-29-27-22(30-17-31-29)7-9-25(28(27)37-4)36-13-11-34(2)12-14-36/h5-10,15-18H,11-14H2,1-4H3,(H,30,31,33). The maximum atomic E-state index is 6.20. The molecule has 1 aliphatic heterocycles. The molecule has 38 heavy (non-hydrogen) atoms. The van der Waals surface area contributed by atoms with Crippen molar-refractivity contribution in [3.63, 3.8) is 0 Å². The number of anilines is 3. The van der Waals surface area contributed by atoms with E-state index in [0.717, 1.165) is 82.3 Å². The van der Waals surface area contributed by atoms with Gasteiger partial charge in [-0.15, -0.1) is 0 Å².